The zero-order valence-electron chi connectivity index (χ0n) is 27.6. The number of aliphatic hydroxyl groups excluding tert-OH is 1. The Bertz CT molecular complexity index is 1100. The predicted molar refractivity (Wildman–Crippen MR) is 160 cm³/mol. The highest BCUT2D eigenvalue weighted by Gasteiger charge is 2.64. The topological polar surface area (TPSA) is 136 Å². The fourth-order valence-corrected chi connectivity index (χ4v) is 8.44. The van der Waals surface area contributed by atoms with Crippen LogP contribution in [-0.4, -0.2) is 64.4 Å². The third kappa shape index (κ3) is 7.03. The molecule has 0 spiro atoms. The molecule has 2 fully saturated rings. The van der Waals surface area contributed by atoms with Crippen molar-refractivity contribution in [3.8, 4) is 0 Å². The molecule has 2 unspecified atom stereocenters. The molecule has 244 valence electrons. The second-order valence-electron chi connectivity index (χ2n) is 14.4. The molecular formula is C34H54O9. The van der Waals surface area contributed by atoms with Gasteiger partial charge in [0.15, 0.2) is 5.78 Å². The van der Waals surface area contributed by atoms with Crippen LogP contribution in [0.3, 0.4) is 0 Å². The molecule has 3 aliphatic rings. The fraction of sp³-hybridized carbons (Fsp3) is 0.824. The Labute approximate surface area is 257 Å². The number of aliphatic hydroxyl groups is 2. The molecule has 0 saturated heterocycles. The lowest BCUT2D eigenvalue weighted by Gasteiger charge is -2.54. The number of carbonyl (C=O) groups excluding carboxylic acids is 4. The zero-order chi connectivity index (χ0) is 32.5. The van der Waals surface area contributed by atoms with Crippen LogP contribution in [0.2, 0.25) is 0 Å². The first kappa shape index (κ1) is 35.2. The van der Waals surface area contributed by atoms with Crippen LogP contribution in [-0.2, 0) is 33.4 Å². The van der Waals surface area contributed by atoms with Crippen LogP contribution < -0.4 is 0 Å². The van der Waals surface area contributed by atoms with Crippen LogP contribution in [0.25, 0.3) is 0 Å². The van der Waals surface area contributed by atoms with E-state index in [1.165, 1.54) is 26.8 Å². The first-order valence-corrected chi connectivity index (χ1v) is 16.0. The van der Waals surface area contributed by atoms with Crippen molar-refractivity contribution in [1.29, 1.82) is 0 Å². The summed E-state index contributed by atoms with van der Waals surface area (Å²) in [5.41, 5.74) is -2.92. The van der Waals surface area contributed by atoms with Crippen LogP contribution in [0.15, 0.2) is 11.6 Å². The van der Waals surface area contributed by atoms with Gasteiger partial charge in [-0.25, -0.2) is 0 Å². The maximum absolute atomic E-state index is 14.4. The second kappa shape index (κ2) is 13.4. The van der Waals surface area contributed by atoms with E-state index < -0.39 is 34.6 Å². The van der Waals surface area contributed by atoms with Crippen LogP contribution in [0.1, 0.15) is 107 Å². The van der Waals surface area contributed by atoms with E-state index in [1.807, 2.05) is 0 Å². The number of ketones is 1. The molecule has 3 aliphatic carbocycles. The highest BCUT2D eigenvalue weighted by atomic mass is 16.5. The van der Waals surface area contributed by atoms with Gasteiger partial charge >= 0.3 is 17.9 Å². The van der Waals surface area contributed by atoms with Crippen LogP contribution in [0.5, 0.6) is 0 Å². The van der Waals surface area contributed by atoms with E-state index in [9.17, 15) is 29.4 Å². The summed E-state index contributed by atoms with van der Waals surface area (Å²) in [7, 11) is 0. The highest BCUT2D eigenvalue weighted by molar-refractivity contribution is 6.02. The number of rotatable bonds is 11. The van der Waals surface area contributed by atoms with Crippen molar-refractivity contribution in [1.82, 2.24) is 0 Å². The van der Waals surface area contributed by atoms with E-state index >= 15 is 0 Å². The van der Waals surface area contributed by atoms with Gasteiger partial charge in [0.25, 0.3) is 0 Å². The first-order chi connectivity index (χ1) is 19.9. The Kier molecular flexibility index (Phi) is 11.0. The molecule has 9 heteroatoms. The van der Waals surface area contributed by atoms with Gasteiger partial charge in [-0.1, -0.05) is 34.6 Å². The summed E-state index contributed by atoms with van der Waals surface area (Å²) >= 11 is 0. The maximum Gasteiger partial charge on any atom is 0.302 e. The summed E-state index contributed by atoms with van der Waals surface area (Å²) in [6, 6.07) is 0. The quantitative estimate of drug-likeness (QED) is 0.247. The summed E-state index contributed by atoms with van der Waals surface area (Å²) in [6.45, 7) is 16.7. The molecule has 0 bridgehead atoms. The van der Waals surface area contributed by atoms with Crippen molar-refractivity contribution >= 4 is 23.7 Å². The monoisotopic (exact) mass is 606 g/mol. The van der Waals surface area contributed by atoms with Crippen LogP contribution >= 0.6 is 0 Å². The lowest BCUT2D eigenvalue weighted by Crippen LogP contribution is -2.65. The SMILES string of the molecule is CC(=O)OCC[C@]1(C)[C@@H]([C@H](C)CC(OC(C)=O)C(C)C(C)C)CC[C@H]1C1=C[C@@H](O)[C@@]2(O)C[C@@H](OC(C)=O)CC[C@]2(C)C1=O. The number of allylic oxidation sites excluding steroid dienone is 1. The van der Waals surface area contributed by atoms with E-state index in [2.05, 4.69) is 34.6 Å². The van der Waals surface area contributed by atoms with Crippen molar-refractivity contribution in [2.24, 2.45) is 40.4 Å². The minimum atomic E-state index is -1.75. The van der Waals surface area contributed by atoms with Gasteiger partial charge < -0.3 is 24.4 Å². The maximum atomic E-state index is 14.4. The van der Waals surface area contributed by atoms with Crippen molar-refractivity contribution in [3.05, 3.63) is 11.6 Å². The molecule has 0 aromatic heterocycles. The number of hydrogen-bond acceptors (Lipinski definition) is 9. The van der Waals surface area contributed by atoms with Gasteiger partial charge in [0, 0.05) is 27.2 Å². The molecule has 43 heavy (non-hydrogen) atoms. The van der Waals surface area contributed by atoms with Gasteiger partial charge in [-0.2, -0.15) is 0 Å². The van der Waals surface area contributed by atoms with Crippen molar-refractivity contribution in [2.75, 3.05) is 6.61 Å². The van der Waals surface area contributed by atoms with Gasteiger partial charge in [-0.15, -0.1) is 0 Å². The highest BCUT2D eigenvalue weighted by Crippen LogP contribution is 2.60. The van der Waals surface area contributed by atoms with Crippen molar-refractivity contribution in [2.45, 2.75) is 131 Å². The molecule has 0 aliphatic heterocycles. The third-order valence-electron chi connectivity index (χ3n) is 11.4. The number of Topliss-reactive ketones (excluding diaryl/α,β-unsaturated/α-hetero) is 1. The normalized spacial score (nSPS) is 36.3. The van der Waals surface area contributed by atoms with E-state index in [1.54, 1.807) is 6.92 Å². The minimum Gasteiger partial charge on any atom is -0.466 e. The zero-order valence-corrected chi connectivity index (χ0v) is 27.6. The summed E-state index contributed by atoms with van der Waals surface area (Å²) < 4.78 is 16.6. The second-order valence-corrected chi connectivity index (χ2v) is 14.4. The molecule has 0 radical (unpaired) electrons. The average molecular weight is 607 g/mol. The largest absolute Gasteiger partial charge is 0.466 e. The van der Waals surface area contributed by atoms with E-state index in [-0.39, 0.29) is 66.9 Å². The Morgan fingerprint density at radius 1 is 1.00 bits per heavy atom. The molecule has 2 N–H and O–H groups in total. The number of fused-ring (bicyclic) bond motifs is 1. The summed E-state index contributed by atoms with van der Waals surface area (Å²) in [5.74, 6) is -0.781. The molecule has 3 rings (SSSR count). The molecule has 2 saturated carbocycles. The van der Waals surface area contributed by atoms with E-state index in [0.29, 0.717) is 37.2 Å². The Balaban J connectivity index is 1.97. The molecule has 0 aromatic rings. The third-order valence-corrected chi connectivity index (χ3v) is 11.4. The summed E-state index contributed by atoms with van der Waals surface area (Å²) in [6.07, 6.45) is 2.82. The van der Waals surface area contributed by atoms with Gasteiger partial charge in [0.05, 0.1) is 12.0 Å². The Morgan fingerprint density at radius 2 is 1.65 bits per heavy atom. The van der Waals surface area contributed by atoms with Crippen LogP contribution in [0, 0.1) is 40.4 Å². The molecular weight excluding hydrogens is 552 g/mol. The van der Waals surface area contributed by atoms with Gasteiger partial charge in [-0.05, 0) is 92.1 Å². The number of ether oxygens (including phenoxy) is 3. The number of esters is 3. The molecule has 0 aromatic carbocycles. The molecule has 9 nitrogen and oxygen atoms in total. The Hall–Kier alpha value is -2.26. The van der Waals surface area contributed by atoms with Crippen molar-refractivity contribution < 1.29 is 43.6 Å². The molecule has 10 atom stereocenters. The standard InChI is InChI=1S/C34H54O9/c1-19(2)21(4)29(43-24(7)37)16-20(3)27-10-11-28(32(27,8)14-15-41-22(5)35)26-17-30(38)34(40)18-25(42-23(6)36)12-13-33(34,9)31(26)39/h17,19-21,25,27-30,38,40H,10-16,18H2,1-9H3/t20-,21?,25+,27-,28+,29?,30-,32-,33-,34+/m1/s1. The smallest absolute Gasteiger partial charge is 0.302 e. The molecule has 0 heterocycles. The summed E-state index contributed by atoms with van der Waals surface area (Å²) in [4.78, 5) is 49.7. The van der Waals surface area contributed by atoms with Gasteiger partial charge in [0.1, 0.15) is 23.9 Å². The van der Waals surface area contributed by atoms with E-state index in [0.717, 1.165) is 6.42 Å². The lowest BCUT2D eigenvalue weighted by atomic mass is 9.53. The van der Waals surface area contributed by atoms with Crippen LogP contribution in [0.4, 0.5) is 0 Å². The predicted octanol–water partition coefficient (Wildman–Crippen LogP) is 4.95. The molecule has 0 amide bonds. The Morgan fingerprint density at radius 3 is 2.21 bits per heavy atom. The summed E-state index contributed by atoms with van der Waals surface area (Å²) in [5, 5.41) is 23.2. The average Bonchev–Trinajstić information content (AvgIpc) is 3.23. The minimum absolute atomic E-state index is 0.0145. The first-order valence-electron chi connectivity index (χ1n) is 16.0. The van der Waals surface area contributed by atoms with Gasteiger partial charge in [-0.3, -0.25) is 19.2 Å². The van der Waals surface area contributed by atoms with Crippen molar-refractivity contribution in [3.63, 3.8) is 0 Å². The number of hydrogen-bond donors (Lipinski definition) is 2. The van der Waals surface area contributed by atoms with E-state index in [4.69, 9.17) is 14.2 Å². The van der Waals surface area contributed by atoms with Gasteiger partial charge in [0.2, 0.25) is 0 Å². The number of carbonyl (C=O) groups is 4. The lowest BCUT2D eigenvalue weighted by molar-refractivity contribution is -0.198. The fourth-order valence-electron chi connectivity index (χ4n) is 8.44.